The lowest BCUT2D eigenvalue weighted by Crippen LogP contribution is -2.51. The first-order chi connectivity index (χ1) is 9.04. The van der Waals surface area contributed by atoms with Gasteiger partial charge in [-0.1, -0.05) is 12.1 Å². The van der Waals surface area contributed by atoms with Gasteiger partial charge in [-0.2, -0.15) is 0 Å². The summed E-state index contributed by atoms with van der Waals surface area (Å²) in [5, 5.41) is 6.39. The SMILES string of the molecule is Cc1ccc(C)c(NC(=O)CN2CCNC(C)C2)c1.Cl. The molecule has 1 aliphatic heterocycles. The maximum Gasteiger partial charge on any atom is 0.238 e. The van der Waals surface area contributed by atoms with Crippen LogP contribution in [0.1, 0.15) is 18.1 Å². The predicted octanol–water partition coefficient (Wildman–Crippen LogP) is 1.96. The first-order valence-electron chi connectivity index (χ1n) is 6.87. The molecule has 2 N–H and O–H groups in total. The van der Waals surface area contributed by atoms with Gasteiger partial charge in [0.1, 0.15) is 0 Å². The largest absolute Gasteiger partial charge is 0.325 e. The topological polar surface area (TPSA) is 44.4 Å². The van der Waals surface area contributed by atoms with Crippen LogP contribution in [0.3, 0.4) is 0 Å². The minimum absolute atomic E-state index is 0. The molecule has 1 atom stereocenters. The van der Waals surface area contributed by atoms with Gasteiger partial charge in [0.15, 0.2) is 0 Å². The van der Waals surface area contributed by atoms with E-state index in [2.05, 4.69) is 28.5 Å². The van der Waals surface area contributed by atoms with Gasteiger partial charge in [-0.05, 0) is 38.0 Å². The number of aryl methyl sites for hydroxylation is 2. The highest BCUT2D eigenvalue weighted by molar-refractivity contribution is 5.93. The Morgan fingerprint density at radius 2 is 2.20 bits per heavy atom. The van der Waals surface area contributed by atoms with Crippen LogP contribution in [0.2, 0.25) is 0 Å². The Kier molecular flexibility index (Phi) is 6.46. The van der Waals surface area contributed by atoms with E-state index in [0.717, 1.165) is 36.4 Å². The van der Waals surface area contributed by atoms with Gasteiger partial charge in [-0.15, -0.1) is 12.4 Å². The molecule has 0 aromatic heterocycles. The molecule has 0 radical (unpaired) electrons. The number of hydrogen-bond donors (Lipinski definition) is 2. The molecule has 1 fully saturated rings. The van der Waals surface area contributed by atoms with E-state index in [1.54, 1.807) is 0 Å². The summed E-state index contributed by atoms with van der Waals surface area (Å²) in [5.41, 5.74) is 3.19. The van der Waals surface area contributed by atoms with Crippen molar-refractivity contribution in [2.45, 2.75) is 26.8 Å². The zero-order chi connectivity index (χ0) is 13.8. The number of amides is 1. The number of anilines is 1. The third-order valence-electron chi connectivity index (χ3n) is 3.49. The van der Waals surface area contributed by atoms with Crippen LogP contribution in [0.25, 0.3) is 0 Å². The zero-order valence-corrected chi connectivity index (χ0v) is 13.2. The summed E-state index contributed by atoms with van der Waals surface area (Å²) in [4.78, 5) is 14.3. The van der Waals surface area contributed by atoms with Crippen molar-refractivity contribution in [3.63, 3.8) is 0 Å². The van der Waals surface area contributed by atoms with Crippen molar-refractivity contribution in [1.82, 2.24) is 10.2 Å². The summed E-state index contributed by atoms with van der Waals surface area (Å²) in [7, 11) is 0. The number of benzene rings is 1. The molecule has 1 heterocycles. The third-order valence-corrected chi connectivity index (χ3v) is 3.49. The Balaban J connectivity index is 0.00000200. The Morgan fingerprint density at radius 3 is 2.90 bits per heavy atom. The summed E-state index contributed by atoms with van der Waals surface area (Å²) in [6.07, 6.45) is 0. The Labute approximate surface area is 127 Å². The molecule has 0 spiro atoms. The first kappa shape index (κ1) is 17.0. The normalized spacial score (nSPS) is 19.2. The molecule has 1 aliphatic rings. The highest BCUT2D eigenvalue weighted by atomic mass is 35.5. The second-order valence-corrected chi connectivity index (χ2v) is 5.46. The van der Waals surface area contributed by atoms with E-state index in [4.69, 9.17) is 0 Å². The van der Waals surface area contributed by atoms with Crippen LogP contribution in [0.5, 0.6) is 0 Å². The quantitative estimate of drug-likeness (QED) is 0.896. The Bertz CT molecular complexity index is 464. The van der Waals surface area contributed by atoms with Crippen LogP contribution in [-0.2, 0) is 4.79 Å². The number of carbonyl (C=O) groups is 1. The number of halogens is 1. The van der Waals surface area contributed by atoms with Gasteiger partial charge in [0, 0.05) is 31.4 Å². The summed E-state index contributed by atoms with van der Waals surface area (Å²) in [6.45, 7) is 9.49. The fourth-order valence-electron chi connectivity index (χ4n) is 2.42. The highest BCUT2D eigenvalue weighted by Gasteiger charge is 2.18. The van der Waals surface area contributed by atoms with E-state index < -0.39 is 0 Å². The van der Waals surface area contributed by atoms with Crippen LogP contribution in [0.15, 0.2) is 18.2 Å². The van der Waals surface area contributed by atoms with Crippen LogP contribution in [0.4, 0.5) is 5.69 Å². The lowest BCUT2D eigenvalue weighted by molar-refractivity contribution is -0.117. The molecule has 112 valence electrons. The number of rotatable bonds is 3. The van der Waals surface area contributed by atoms with Gasteiger partial charge in [0.25, 0.3) is 0 Å². The van der Waals surface area contributed by atoms with E-state index in [0.29, 0.717) is 12.6 Å². The lowest BCUT2D eigenvalue weighted by atomic mass is 10.1. The van der Waals surface area contributed by atoms with E-state index in [1.807, 2.05) is 26.0 Å². The fourth-order valence-corrected chi connectivity index (χ4v) is 2.42. The average molecular weight is 298 g/mol. The molecule has 2 rings (SSSR count). The smallest absolute Gasteiger partial charge is 0.238 e. The monoisotopic (exact) mass is 297 g/mol. The number of nitrogens with zero attached hydrogens (tertiary/aromatic N) is 1. The van der Waals surface area contributed by atoms with E-state index in [1.165, 1.54) is 0 Å². The minimum Gasteiger partial charge on any atom is -0.325 e. The average Bonchev–Trinajstić information content (AvgIpc) is 2.34. The predicted molar refractivity (Wildman–Crippen MR) is 85.7 cm³/mol. The molecular weight excluding hydrogens is 274 g/mol. The van der Waals surface area contributed by atoms with Crippen molar-refractivity contribution < 1.29 is 4.79 Å². The van der Waals surface area contributed by atoms with E-state index >= 15 is 0 Å². The van der Waals surface area contributed by atoms with Crippen molar-refractivity contribution >= 4 is 24.0 Å². The molecule has 5 heteroatoms. The summed E-state index contributed by atoms with van der Waals surface area (Å²) in [6, 6.07) is 6.58. The molecule has 1 aromatic carbocycles. The Hall–Kier alpha value is -1.10. The number of hydrogen-bond acceptors (Lipinski definition) is 3. The second kappa shape index (κ2) is 7.62. The molecular formula is C15H24ClN3O. The van der Waals surface area contributed by atoms with Crippen molar-refractivity contribution in [2.24, 2.45) is 0 Å². The highest BCUT2D eigenvalue weighted by Crippen LogP contribution is 2.16. The van der Waals surface area contributed by atoms with Gasteiger partial charge < -0.3 is 10.6 Å². The number of piperazine rings is 1. The van der Waals surface area contributed by atoms with Gasteiger partial charge in [0.2, 0.25) is 5.91 Å². The van der Waals surface area contributed by atoms with Crippen LogP contribution >= 0.6 is 12.4 Å². The fraction of sp³-hybridized carbons (Fsp3) is 0.533. The molecule has 1 aromatic rings. The zero-order valence-electron chi connectivity index (χ0n) is 12.4. The molecule has 1 saturated heterocycles. The summed E-state index contributed by atoms with van der Waals surface area (Å²) >= 11 is 0. The van der Waals surface area contributed by atoms with Crippen molar-refractivity contribution in [2.75, 3.05) is 31.5 Å². The molecule has 1 amide bonds. The molecule has 1 unspecified atom stereocenters. The molecule has 4 nitrogen and oxygen atoms in total. The van der Waals surface area contributed by atoms with Gasteiger partial charge in [-0.3, -0.25) is 9.69 Å². The van der Waals surface area contributed by atoms with E-state index in [9.17, 15) is 4.79 Å². The van der Waals surface area contributed by atoms with Gasteiger partial charge >= 0.3 is 0 Å². The second-order valence-electron chi connectivity index (χ2n) is 5.46. The van der Waals surface area contributed by atoms with Crippen molar-refractivity contribution in [3.05, 3.63) is 29.3 Å². The molecule has 20 heavy (non-hydrogen) atoms. The molecule has 0 saturated carbocycles. The van der Waals surface area contributed by atoms with E-state index in [-0.39, 0.29) is 18.3 Å². The molecule has 0 aliphatic carbocycles. The standard InChI is InChI=1S/C15H23N3O.ClH/c1-11-4-5-12(2)14(8-11)17-15(19)10-18-7-6-16-13(3)9-18;/h4-5,8,13,16H,6-7,9-10H2,1-3H3,(H,17,19);1H. The summed E-state index contributed by atoms with van der Waals surface area (Å²) < 4.78 is 0. The van der Waals surface area contributed by atoms with Crippen molar-refractivity contribution in [1.29, 1.82) is 0 Å². The third kappa shape index (κ3) is 4.78. The lowest BCUT2D eigenvalue weighted by Gasteiger charge is -2.31. The van der Waals surface area contributed by atoms with Crippen LogP contribution in [-0.4, -0.2) is 43.0 Å². The van der Waals surface area contributed by atoms with Crippen molar-refractivity contribution in [3.8, 4) is 0 Å². The summed E-state index contributed by atoms with van der Waals surface area (Å²) in [5.74, 6) is 0.0720. The van der Waals surface area contributed by atoms with Crippen LogP contribution in [0, 0.1) is 13.8 Å². The molecule has 0 bridgehead atoms. The van der Waals surface area contributed by atoms with Gasteiger partial charge in [-0.25, -0.2) is 0 Å². The number of carbonyl (C=O) groups excluding carboxylic acids is 1. The maximum atomic E-state index is 12.1. The van der Waals surface area contributed by atoms with Crippen LogP contribution < -0.4 is 10.6 Å². The maximum absolute atomic E-state index is 12.1. The first-order valence-corrected chi connectivity index (χ1v) is 6.87. The van der Waals surface area contributed by atoms with Gasteiger partial charge in [0.05, 0.1) is 6.54 Å². The minimum atomic E-state index is 0. The number of nitrogens with one attached hydrogen (secondary N) is 2. The Morgan fingerprint density at radius 1 is 1.45 bits per heavy atom.